The highest BCUT2D eigenvalue weighted by Crippen LogP contribution is 2.17. The Morgan fingerprint density at radius 3 is 2.86 bits per heavy atom. The number of halogens is 1. The lowest BCUT2D eigenvalue weighted by molar-refractivity contribution is -0.116. The van der Waals surface area contributed by atoms with E-state index < -0.39 is 0 Å². The molecule has 0 fully saturated rings. The number of carbonyl (C=O) groups excluding carboxylic acids is 1. The predicted molar refractivity (Wildman–Crippen MR) is 81.7 cm³/mol. The van der Waals surface area contributed by atoms with Crippen LogP contribution in [0.15, 0.2) is 54.7 Å². The number of hydrogen-bond donors (Lipinski definition) is 1. The van der Waals surface area contributed by atoms with E-state index in [9.17, 15) is 9.18 Å². The maximum atomic E-state index is 13.2. The van der Waals surface area contributed by atoms with Crippen molar-refractivity contribution < 1.29 is 9.18 Å². The summed E-state index contributed by atoms with van der Waals surface area (Å²) >= 11 is 0. The molecule has 1 aromatic heterocycles. The molecule has 0 spiro atoms. The number of carbonyl (C=O) groups is 1. The number of fused-ring (bicyclic) bond motifs is 1. The first-order valence-electron chi connectivity index (χ1n) is 6.73. The number of rotatable bonds is 3. The van der Waals surface area contributed by atoms with Crippen molar-refractivity contribution in [3.8, 4) is 0 Å². The zero-order valence-electron chi connectivity index (χ0n) is 11.6. The van der Waals surface area contributed by atoms with Gasteiger partial charge in [-0.3, -0.25) is 4.79 Å². The Morgan fingerprint density at radius 1 is 1.19 bits per heavy atom. The van der Waals surface area contributed by atoms with E-state index in [0.717, 1.165) is 16.5 Å². The molecular weight excluding hydrogens is 267 g/mol. The highest BCUT2D eigenvalue weighted by atomic mass is 19.1. The molecular formula is C17H15FN2O. The molecule has 0 saturated heterocycles. The second-order valence-electron chi connectivity index (χ2n) is 5.01. The Labute approximate surface area is 122 Å². The van der Waals surface area contributed by atoms with Crippen molar-refractivity contribution >= 4 is 22.5 Å². The molecule has 0 radical (unpaired) electrons. The monoisotopic (exact) mass is 282 g/mol. The minimum atomic E-state index is -0.359. The number of nitrogens with one attached hydrogen (secondary N) is 1. The first-order valence-corrected chi connectivity index (χ1v) is 6.73. The third kappa shape index (κ3) is 2.79. The van der Waals surface area contributed by atoms with Crippen molar-refractivity contribution in [3.63, 3.8) is 0 Å². The summed E-state index contributed by atoms with van der Waals surface area (Å²) in [6, 6.07) is 14.2. The van der Waals surface area contributed by atoms with Crippen LogP contribution in [0.5, 0.6) is 0 Å². The molecule has 0 aliphatic rings. The van der Waals surface area contributed by atoms with E-state index in [1.165, 1.54) is 12.1 Å². The quantitative estimate of drug-likeness (QED) is 0.780. The lowest BCUT2D eigenvalue weighted by Gasteiger charge is -2.10. The van der Waals surface area contributed by atoms with Crippen LogP contribution < -0.4 is 5.32 Å². The smallest absolute Gasteiger partial charge is 0.244 e. The molecule has 4 heteroatoms. The molecule has 0 aliphatic carbocycles. The molecule has 106 valence electrons. The average molecular weight is 282 g/mol. The molecule has 3 nitrogen and oxygen atoms in total. The van der Waals surface area contributed by atoms with E-state index in [0.29, 0.717) is 5.69 Å². The van der Waals surface area contributed by atoms with Gasteiger partial charge in [-0.1, -0.05) is 24.3 Å². The highest BCUT2D eigenvalue weighted by molar-refractivity contribution is 5.92. The van der Waals surface area contributed by atoms with Crippen molar-refractivity contribution in [1.82, 2.24) is 4.57 Å². The fraction of sp³-hybridized carbons (Fsp3) is 0.118. The summed E-state index contributed by atoms with van der Waals surface area (Å²) in [5.74, 6) is -0.535. The first kappa shape index (κ1) is 13.4. The third-order valence-corrected chi connectivity index (χ3v) is 3.47. The van der Waals surface area contributed by atoms with Crippen LogP contribution in [0, 0.1) is 12.7 Å². The van der Waals surface area contributed by atoms with E-state index in [-0.39, 0.29) is 18.3 Å². The Bertz CT molecular complexity index is 807. The molecule has 0 saturated carbocycles. The van der Waals surface area contributed by atoms with Gasteiger partial charge in [-0.15, -0.1) is 0 Å². The molecule has 0 bridgehead atoms. The molecule has 0 aliphatic heterocycles. The van der Waals surface area contributed by atoms with E-state index in [2.05, 4.69) is 5.32 Å². The summed E-state index contributed by atoms with van der Waals surface area (Å²) in [4.78, 5) is 12.1. The first-order chi connectivity index (χ1) is 10.1. The molecule has 0 atom stereocenters. The lowest BCUT2D eigenvalue weighted by atomic mass is 10.2. The molecule has 1 amide bonds. The summed E-state index contributed by atoms with van der Waals surface area (Å²) in [6.07, 6.45) is 1.88. The highest BCUT2D eigenvalue weighted by Gasteiger charge is 2.08. The minimum absolute atomic E-state index is 0.176. The molecule has 21 heavy (non-hydrogen) atoms. The Hall–Kier alpha value is -2.62. The van der Waals surface area contributed by atoms with E-state index in [1.54, 1.807) is 6.07 Å². The Morgan fingerprint density at radius 2 is 2.00 bits per heavy atom. The maximum Gasteiger partial charge on any atom is 0.244 e. The molecule has 3 aromatic rings. The largest absolute Gasteiger partial charge is 0.338 e. The van der Waals surface area contributed by atoms with Gasteiger partial charge in [0.1, 0.15) is 12.4 Å². The summed E-state index contributed by atoms with van der Waals surface area (Å²) in [5.41, 5.74) is 2.35. The van der Waals surface area contributed by atoms with Gasteiger partial charge in [-0.2, -0.15) is 0 Å². The van der Waals surface area contributed by atoms with Gasteiger partial charge in [0.05, 0.1) is 0 Å². The standard InChI is InChI=1S/C17H15FN2O/c1-12-6-7-14(18)10-15(12)19-17(21)11-20-9-8-13-4-2-3-5-16(13)20/h2-10H,11H2,1H3,(H,19,21). The van der Waals surface area contributed by atoms with Gasteiger partial charge in [0.25, 0.3) is 0 Å². The molecule has 2 aromatic carbocycles. The van der Waals surface area contributed by atoms with Gasteiger partial charge in [-0.25, -0.2) is 4.39 Å². The van der Waals surface area contributed by atoms with Crippen LogP contribution in [0.2, 0.25) is 0 Å². The normalized spacial score (nSPS) is 10.8. The van der Waals surface area contributed by atoms with Gasteiger partial charge in [0.2, 0.25) is 5.91 Å². The van der Waals surface area contributed by atoms with Crippen molar-refractivity contribution in [2.24, 2.45) is 0 Å². The topological polar surface area (TPSA) is 34.0 Å². The second-order valence-corrected chi connectivity index (χ2v) is 5.01. The van der Waals surface area contributed by atoms with Crippen LogP contribution in [-0.4, -0.2) is 10.5 Å². The Kier molecular flexibility index (Phi) is 3.44. The zero-order chi connectivity index (χ0) is 14.8. The van der Waals surface area contributed by atoms with Gasteiger partial charge in [-0.05, 0) is 42.1 Å². The maximum absolute atomic E-state index is 13.2. The van der Waals surface area contributed by atoms with Crippen molar-refractivity contribution in [3.05, 3.63) is 66.1 Å². The number of benzene rings is 2. The fourth-order valence-electron chi connectivity index (χ4n) is 2.35. The molecule has 3 rings (SSSR count). The van der Waals surface area contributed by atoms with Crippen LogP contribution >= 0.6 is 0 Å². The number of para-hydroxylation sites is 1. The van der Waals surface area contributed by atoms with E-state index in [1.807, 2.05) is 48.0 Å². The van der Waals surface area contributed by atoms with E-state index >= 15 is 0 Å². The average Bonchev–Trinajstić information content (AvgIpc) is 2.86. The summed E-state index contributed by atoms with van der Waals surface area (Å²) in [7, 11) is 0. The van der Waals surface area contributed by atoms with Crippen molar-refractivity contribution in [2.75, 3.05) is 5.32 Å². The minimum Gasteiger partial charge on any atom is -0.338 e. The summed E-state index contributed by atoms with van der Waals surface area (Å²) in [6.45, 7) is 2.03. The van der Waals surface area contributed by atoms with Crippen LogP contribution in [0.4, 0.5) is 10.1 Å². The number of nitrogens with zero attached hydrogens (tertiary/aromatic N) is 1. The fourth-order valence-corrected chi connectivity index (χ4v) is 2.35. The summed E-state index contributed by atoms with van der Waals surface area (Å²) < 4.78 is 15.1. The second kappa shape index (κ2) is 5.40. The number of aryl methyl sites for hydroxylation is 1. The zero-order valence-corrected chi connectivity index (χ0v) is 11.6. The third-order valence-electron chi connectivity index (χ3n) is 3.47. The van der Waals surface area contributed by atoms with Crippen LogP contribution in [0.3, 0.4) is 0 Å². The molecule has 0 unspecified atom stereocenters. The predicted octanol–water partition coefficient (Wildman–Crippen LogP) is 3.73. The van der Waals surface area contributed by atoms with E-state index in [4.69, 9.17) is 0 Å². The number of anilines is 1. The summed E-state index contributed by atoms with van der Waals surface area (Å²) in [5, 5.41) is 3.84. The number of hydrogen-bond acceptors (Lipinski definition) is 1. The van der Waals surface area contributed by atoms with Crippen molar-refractivity contribution in [1.29, 1.82) is 0 Å². The van der Waals surface area contributed by atoms with Gasteiger partial charge in [0, 0.05) is 17.4 Å². The Balaban J connectivity index is 1.79. The molecule has 1 heterocycles. The lowest BCUT2D eigenvalue weighted by Crippen LogP contribution is -2.18. The van der Waals surface area contributed by atoms with Crippen molar-refractivity contribution in [2.45, 2.75) is 13.5 Å². The van der Waals surface area contributed by atoms with Crippen LogP contribution in [0.25, 0.3) is 10.9 Å². The number of amides is 1. The molecule has 1 N–H and O–H groups in total. The van der Waals surface area contributed by atoms with Gasteiger partial charge in [0.15, 0.2) is 0 Å². The number of aromatic nitrogens is 1. The van der Waals surface area contributed by atoms with Crippen LogP contribution in [-0.2, 0) is 11.3 Å². The van der Waals surface area contributed by atoms with Gasteiger partial charge >= 0.3 is 0 Å². The van der Waals surface area contributed by atoms with Gasteiger partial charge < -0.3 is 9.88 Å². The van der Waals surface area contributed by atoms with Crippen LogP contribution in [0.1, 0.15) is 5.56 Å². The SMILES string of the molecule is Cc1ccc(F)cc1NC(=O)Cn1ccc2ccccc21.